The highest BCUT2D eigenvalue weighted by molar-refractivity contribution is 14.1. The van der Waals surface area contributed by atoms with Crippen LogP contribution in [0.2, 0.25) is 0 Å². The average Bonchev–Trinajstić information content (AvgIpc) is 2.69. The molecule has 3 nitrogen and oxygen atoms in total. The lowest BCUT2D eigenvalue weighted by Crippen LogP contribution is -2.13. The van der Waals surface area contributed by atoms with E-state index >= 15 is 0 Å². The fraction of sp³-hybridized carbons (Fsp3) is 0. The molecule has 94 valence electrons. The molecule has 3 rings (SSSR count). The SMILES string of the molecule is O=C1Nc2ccc(Br)cc2C1=Nc1ccc(I)cc1. The summed E-state index contributed by atoms with van der Waals surface area (Å²) in [6.45, 7) is 0. The van der Waals surface area contributed by atoms with Crippen LogP contribution in [0.4, 0.5) is 11.4 Å². The third-order valence-corrected chi connectivity index (χ3v) is 3.98. The Hall–Kier alpha value is -1.21. The van der Waals surface area contributed by atoms with Crippen LogP contribution in [0, 0.1) is 3.57 Å². The van der Waals surface area contributed by atoms with E-state index in [0.717, 1.165) is 25.0 Å². The van der Waals surface area contributed by atoms with Gasteiger partial charge in [-0.2, -0.15) is 0 Å². The highest BCUT2D eigenvalue weighted by Crippen LogP contribution is 2.28. The molecular weight excluding hydrogens is 419 g/mol. The van der Waals surface area contributed by atoms with Gasteiger partial charge in [0, 0.05) is 13.6 Å². The van der Waals surface area contributed by atoms with E-state index in [1.54, 1.807) is 0 Å². The highest BCUT2D eigenvalue weighted by Gasteiger charge is 2.25. The number of carbonyl (C=O) groups is 1. The summed E-state index contributed by atoms with van der Waals surface area (Å²) in [5.41, 5.74) is 2.87. The Morgan fingerprint density at radius 2 is 1.84 bits per heavy atom. The lowest BCUT2D eigenvalue weighted by atomic mass is 10.1. The third kappa shape index (κ3) is 2.57. The zero-order valence-corrected chi connectivity index (χ0v) is 13.4. The Morgan fingerprint density at radius 3 is 2.58 bits per heavy atom. The molecule has 0 aliphatic carbocycles. The van der Waals surface area contributed by atoms with Crippen LogP contribution in [0.5, 0.6) is 0 Å². The minimum atomic E-state index is -0.161. The zero-order chi connectivity index (χ0) is 13.4. The van der Waals surface area contributed by atoms with E-state index in [1.807, 2.05) is 42.5 Å². The van der Waals surface area contributed by atoms with Gasteiger partial charge in [-0.1, -0.05) is 15.9 Å². The van der Waals surface area contributed by atoms with Crippen LogP contribution in [-0.4, -0.2) is 11.6 Å². The number of benzene rings is 2. The van der Waals surface area contributed by atoms with E-state index in [4.69, 9.17) is 0 Å². The first-order valence-electron chi connectivity index (χ1n) is 5.59. The molecule has 2 aromatic rings. The molecule has 0 saturated heterocycles. The molecule has 0 aromatic heterocycles. The first-order chi connectivity index (χ1) is 9.13. The van der Waals surface area contributed by atoms with Gasteiger partial charge in [-0.3, -0.25) is 4.79 Å². The van der Waals surface area contributed by atoms with Crippen molar-refractivity contribution in [3.63, 3.8) is 0 Å². The summed E-state index contributed by atoms with van der Waals surface area (Å²) in [6, 6.07) is 13.4. The first kappa shape index (κ1) is 12.8. The fourth-order valence-electron chi connectivity index (χ4n) is 1.88. The first-order valence-corrected chi connectivity index (χ1v) is 7.46. The second-order valence-corrected chi connectivity index (χ2v) is 6.24. The van der Waals surface area contributed by atoms with E-state index < -0.39 is 0 Å². The number of halogens is 2. The topological polar surface area (TPSA) is 41.5 Å². The number of carbonyl (C=O) groups excluding carboxylic acids is 1. The van der Waals surface area contributed by atoms with E-state index in [0.29, 0.717) is 5.71 Å². The number of hydrogen-bond donors (Lipinski definition) is 1. The van der Waals surface area contributed by atoms with Gasteiger partial charge in [0.05, 0.1) is 11.4 Å². The van der Waals surface area contributed by atoms with Crippen LogP contribution in [-0.2, 0) is 4.79 Å². The van der Waals surface area contributed by atoms with Gasteiger partial charge in [0.1, 0.15) is 5.71 Å². The van der Waals surface area contributed by atoms with Crippen molar-refractivity contribution in [2.45, 2.75) is 0 Å². The summed E-state index contributed by atoms with van der Waals surface area (Å²) >= 11 is 5.65. The lowest BCUT2D eigenvalue weighted by molar-refractivity contribution is -0.110. The molecule has 0 saturated carbocycles. The summed E-state index contributed by atoms with van der Waals surface area (Å²) in [6.07, 6.45) is 0. The number of aliphatic imine (C=N–C) groups is 1. The molecule has 1 amide bonds. The van der Waals surface area contributed by atoms with Crippen molar-refractivity contribution in [3.8, 4) is 0 Å². The molecule has 5 heteroatoms. The van der Waals surface area contributed by atoms with Crippen molar-refractivity contribution in [2.24, 2.45) is 4.99 Å². The van der Waals surface area contributed by atoms with Crippen molar-refractivity contribution in [1.82, 2.24) is 0 Å². The second kappa shape index (κ2) is 5.05. The standard InChI is InChI=1S/C14H8BrIN2O/c15-8-1-6-12-11(7-8)13(14(19)18-12)17-10-4-2-9(16)3-5-10/h1-7H,(H,17,18,19). The maximum atomic E-state index is 12.0. The summed E-state index contributed by atoms with van der Waals surface area (Å²) in [5, 5.41) is 2.81. The average molecular weight is 427 g/mol. The van der Waals surface area contributed by atoms with Gasteiger partial charge in [-0.15, -0.1) is 0 Å². The van der Waals surface area contributed by atoms with Gasteiger partial charge in [-0.05, 0) is 65.1 Å². The summed E-state index contributed by atoms with van der Waals surface area (Å²) < 4.78 is 2.07. The summed E-state index contributed by atoms with van der Waals surface area (Å²) in [5.74, 6) is -0.161. The molecule has 0 fully saturated rings. The molecule has 1 heterocycles. The smallest absolute Gasteiger partial charge is 0.275 e. The number of amides is 1. The minimum absolute atomic E-state index is 0.161. The predicted molar refractivity (Wildman–Crippen MR) is 88.1 cm³/mol. The normalized spacial score (nSPS) is 15.5. The zero-order valence-electron chi connectivity index (χ0n) is 9.65. The molecule has 1 aliphatic rings. The molecule has 0 unspecified atom stereocenters. The van der Waals surface area contributed by atoms with Crippen molar-refractivity contribution >= 4 is 61.5 Å². The van der Waals surface area contributed by atoms with Crippen LogP contribution in [0.1, 0.15) is 5.56 Å². The molecule has 1 aliphatic heterocycles. The molecule has 0 spiro atoms. The summed E-state index contributed by atoms with van der Waals surface area (Å²) in [7, 11) is 0. The molecule has 0 bridgehead atoms. The number of nitrogens with zero attached hydrogens (tertiary/aromatic N) is 1. The van der Waals surface area contributed by atoms with Crippen molar-refractivity contribution in [3.05, 3.63) is 56.1 Å². The van der Waals surface area contributed by atoms with E-state index in [9.17, 15) is 4.79 Å². The van der Waals surface area contributed by atoms with E-state index in [-0.39, 0.29) is 5.91 Å². The van der Waals surface area contributed by atoms with Crippen LogP contribution < -0.4 is 5.32 Å². The predicted octanol–water partition coefficient (Wildman–Crippen LogP) is 4.13. The van der Waals surface area contributed by atoms with Gasteiger partial charge in [0.2, 0.25) is 0 Å². The number of rotatable bonds is 1. The Bertz CT molecular complexity index is 695. The Labute approximate surface area is 132 Å². The van der Waals surface area contributed by atoms with Crippen molar-refractivity contribution in [1.29, 1.82) is 0 Å². The van der Waals surface area contributed by atoms with Gasteiger partial charge in [0.15, 0.2) is 0 Å². The fourth-order valence-corrected chi connectivity index (χ4v) is 2.60. The van der Waals surface area contributed by atoms with Crippen LogP contribution in [0.15, 0.2) is 51.9 Å². The van der Waals surface area contributed by atoms with Crippen LogP contribution in [0.3, 0.4) is 0 Å². The van der Waals surface area contributed by atoms with E-state index in [2.05, 4.69) is 48.8 Å². The maximum Gasteiger partial charge on any atom is 0.275 e. The second-order valence-electron chi connectivity index (χ2n) is 4.08. The molecule has 0 radical (unpaired) electrons. The quantitative estimate of drug-likeness (QED) is 0.684. The molecule has 0 atom stereocenters. The molecular formula is C14H8BrIN2O. The number of fused-ring (bicyclic) bond motifs is 1. The van der Waals surface area contributed by atoms with Crippen LogP contribution in [0.25, 0.3) is 0 Å². The van der Waals surface area contributed by atoms with Gasteiger partial charge in [-0.25, -0.2) is 4.99 Å². The Kier molecular flexibility index (Phi) is 3.40. The van der Waals surface area contributed by atoms with Gasteiger partial charge in [0.25, 0.3) is 5.91 Å². The van der Waals surface area contributed by atoms with Gasteiger partial charge >= 0.3 is 0 Å². The van der Waals surface area contributed by atoms with Gasteiger partial charge < -0.3 is 5.32 Å². The molecule has 19 heavy (non-hydrogen) atoms. The minimum Gasteiger partial charge on any atom is -0.320 e. The van der Waals surface area contributed by atoms with E-state index in [1.165, 1.54) is 0 Å². The molecule has 2 aromatic carbocycles. The number of anilines is 1. The number of nitrogens with one attached hydrogen (secondary N) is 1. The number of hydrogen-bond acceptors (Lipinski definition) is 2. The molecule has 1 N–H and O–H groups in total. The van der Waals surface area contributed by atoms with Crippen molar-refractivity contribution in [2.75, 3.05) is 5.32 Å². The maximum absolute atomic E-state index is 12.0. The largest absolute Gasteiger partial charge is 0.320 e. The highest BCUT2D eigenvalue weighted by atomic mass is 127. The summed E-state index contributed by atoms with van der Waals surface area (Å²) in [4.78, 5) is 16.4. The third-order valence-electron chi connectivity index (χ3n) is 2.77. The monoisotopic (exact) mass is 426 g/mol. The van der Waals surface area contributed by atoms with Crippen LogP contribution >= 0.6 is 38.5 Å². The van der Waals surface area contributed by atoms with Crippen molar-refractivity contribution < 1.29 is 4.79 Å². The Morgan fingerprint density at radius 1 is 1.11 bits per heavy atom. The Balaban J connectivity index is 2.08. The lowest BCUT2D eigenvalue weighted by Gasteiger charge is -1.99.